The maximum Gasteiger partial charge on any atom is 0.346 e. The molecular weight excluding hydrogens is 246 g/mol. The van der Waals surface area contributed by atoms with E-state index in [9.17, 15) is 9.59 Å². The van der Waals surface area contributed by atoms with Crippen LogP contribution in [0.4, 0.5) is 11.5 Å². The molecule has 19 heavy (non-hydrogen) atoms. The Balaban J connectivity index is 2.26. The highest BCUT2D eigenvalue weighted by molar-refractivity contribution is 5.42. The van der Waals surface area contributed by atoms with Gasteiger partial charge in [-0.3, -0.25) is 9.36 Å². The monoisotopic (exact) mass is 261 g/mol. The molecule has 3 N–H and O–H groups in total. The van der Waals surface area contributed by atoms with E-state index in [2.05, 4.69) is 10.4 Å². The minimum atomic E-state index is -0.459. The molecule has 2 rings (SSSR count). The highest BCUT2D eigenvalue weighted by Gasteiger charge is 2.07. The second-order valence-electron chi connectivity index (χ2n) is 4.22. The molecule has 0 aliphatic heterocycles. The SMILES string of the molecule is Cn1nc(NCc2cccc(N)c2)c(=O)n(C)c1=O. The molecule has 0 aliphatic carbocycles. The summed E-state index contributed by atoms with van der Waals surface area (Å²) in [6, 6.07) is 7.31. The lowest BCUT2D eigenvalue weighted by Crippen LogP contribution is -2.39. The maximum absolute atomic E-state index is 11.8. The van der Waals surface area contributed by atoms with Crippen molar-refractivity contribution in [1.29, 1.82) is 0 Å². The average molecular weight is 261 g/mol. The van der Waals surface area contributed by atoms with E-state index in [-0.39, 0.29) is 5.82 Å². The number of nitrogens with zero attached hydrogens (tertiary/aromatic N) is 3. The van der Waals surface area contributed by atoms with Gasteiger partial charge >= 0.3 is 5.69 Å². The van der Waals surface area contributed by atoms with Crippen LogP contribution in [0.15, 0.2) is 33.9 Å². The summed E-state index contributed by atoms with van der Waals surface area (Å²) in [4.78, 5) is 23.3. The molecule has 0 amide bonds. The third-order valence-corrected chi connectivity index (χ3v) is 2.73. The predicted octanol–water partition coefficient (Wildman–Crippen LogP) is -0.327. The van der Waals surface area contributed by atoms with Gasteiger partial charge < -0.3 is 11.1 Å². The fourth-order valence-corrected chi connectivity index (χ4v) is 1.70. The summed E-state index contributed by atoms with van der Waals surface area (Å²) in [5.74, 6) is 0.132. The zero-order valence-corrected chi connectivity index (χ0v) is 10.8. The van der Waals surface area contributed by atoms with Gasteiger partial charge in [0.05, 0.1) is 0 Å². The quantitative estimate of drug-likeness (QED) is 0.738. The van der Waals surface area contributed by atoms with E-state index in [0.717, 1.165) is 14.8 Å². The summed E-state index contributed by atoms with van der Waals surface area (Å²) in [5.41, 5.74) is 6.34. The van der Waals surface area contributed by atoms with Crippen LogP contribution in [-0.4, -0.2) is 14.3 Å². The summed E-state index contributed by atoms with van der Waals surface area (Å²) >= 11 is 0. The van der Waals surface area contributed by atoms with Crippen molar-refractivity contribution in [3.8, 4) is 0 Å². The standard InChI is InChI=1S/C12H15N5O2/c1-16-11(18)10(15-17(2)12(16)19)14-7-8-4-3-5-9(13)6-8/h3-6H,7,13H2,1-2H3,(H,14,15). The topological polar surface area (TPSA) is 94.9 Å². The fraction of sp³-hybridized carbons (Fsp3) is 0.250. The number of aryl methyl sites for hydroxylation is 1. The molecule has 0 spiro atoms. The van der Waals surface area contributed by atoms with E-state index < -0.39 is 11.2 Å². The highest BCUT2D eigenvalue weighted by Crippen LogP contribution is 2.07. The Morgan fingerprint density at radius 1 is 1.32 bits per heavy atom. The van der Waals surface area contributed by atoms with Gasteiger partial charge in [-0.1, -0.05) is 12.1 Å². The summed E-state index contributed by atoms with van der Waals surface area (Å²) in [6.45, 7) is 0.408. The van der Waals surface area contributed by atoms with E-state index in [1.54, 1.807) is 12.1 Å². The van der Waals surface area contributed by atoms with Crippen LogP contribution in [0.1, 0.15) is 5.56 Å². The second-order valence-corrected chi connectivity index (χ2v) is 4.22. The molecule has 0 bridgehead atoms. The number of hydrogen-bond donors (Lipinski definition) is 2. The van der Waals surface area contributed by atoms with Gasteiger partial charge in [0.15, 0.2) is 0 Å². The lowest BCUT2D eigenvalue weighted by molar-refractivity contribution is 0.604. The number of nitrogens with one attached hydrogen (secondary N) is 1. The van der Waals surface area contributed by atoms with Crippen molar-refractivity contribution in [3.63, 3.8) is 0 Å². The number of anilines is 2. The van der Waals surface area contributed by atoms with Crippen molar-refractivity contribution in [2.45, 2.75) is 6.54 Å². The van der Waals surface area contributed by atoms with Crippen LogP contribution in [0, 0.1) is 0 Å². The third kappa shape index (κ3) is 2.65. The number of aromatic nitrogens is 3. The van der Waals surface area contributed by atoms with Crippen LogP contribution in [0.25, 0.3) is 0 Å². The van der Waals surface area contributed by atoms with Crippen molar-refractivity contribution < 1.29 is 0 Å². The van der Waals surface area contributed by atoms with Crippen molar-refractivity contribution in [1.82, 2.24) is 14.3 Å². The van der Waals surface area contributed by atoms with Crippen LogP contribution in [-0.2, 0) is 20.6 Å². The molecule has 0 saturated carbocycles. The number of benzene rings is 1. The highest BCUT2D eigenvalue weighted by atomic mass is 16.2. The minimum absolute atomic E-state index is 0.132. The summed E-state index contributed by atoms with van der Waals surface area (Å²) in [7, 11) is 2.91. The van der Waals surface area contributed by atoms with E-state index in [4.69, 9.17) is 5.73 Å². The molecule has 7 nitrogen and oxygen atoms in total. The summed E-state index contributed by atoms with van der Waals surface area (Å²) < 4.78 is 2.12. The third-order valence-electron chi connectivity index (χ3n) is 2.73. The van der Waals surface area contributed by atoms with Gasteiger partial charge in [-0.15, -0.1) is 5.10 Å². The first-order chi connectivity index (χ1) is 8.99. The van der Waals surface area contributed by atoms with Crippen LogP contribution in [0.5, 0.6) is 0 Å². The van der Waals surface area contributed by atoms with Gasteiger partial charge in [-0.05, 0) is 17.7 Å². The van der Waals surface area contributed by atoms with E-state index in [1.165, 1.54) is 14.1 Å². The van der Waals surface area contributed by atoms with Crippen molar-refractivity contribution in [2.75, 3.05) is 11.1 Å². The Kier molecular flexibility index (Phi) is 3.37. The molecule has 0 atom stereocenters. The number of nitrogens with two attached hydrogens (primary N) is 1. The number of hydrogen-bond acceptors (Lipinski definition) is 5. The zero-order valence-electron chi connectivity index (χ0n) is 10.8. The van der Waals surface area contributed by atoms with Crippen LogP contribution in [0.2, 0.25) is 0 Å². The predicted molar refractivity (Wildman–Crippen MR) is 72.9 cm³/mol. The van der Waals surface area contributed by atoms with Gasteiger partial charge in [0.2, 0.25) is 5.82 Å². The Morgan fingerprint density at radius 3 is 2.74 bits per heavy atom. The van der Waals surface area contributed by atoms with Crippen molar-refractivity contribution >= 4 is 11.5 Å². The van der Waals surface area contributed by atoms with Crippen LogP contribution < -0.4 is 22.3 Å². The van der Waals surface area contributed by atoms with E-state index in [1.807, 2.05) is 12.1 Å². The fourth-order valence-electron chi connectivity index (χ4n) is 1.70. The Morgan fingerprint density at radius 2 is 2.05 bits per heavy atom. The van der Waals surface area contributed by atoms with Gasteiger partial charge in [0.1, 0.15) is 0 Å². The van der Waals surface area contributed by atoms with Crippen LogP contribution in [0.3, 0.4) is 0 Å². The van der Waals surface area contributed by atoms with Gasteiger partial charge in [-0.2, -0.15) is 0 Å². The smallest absolute Gasteiger partial charge is 0.346 e. The normalized spacial score (nSPS) is 10.4. The maximum atomic E-state index is 11.8. The zero-order chi connectivity index (χ0) is 14.0. The molecule has 0 unspecified atom stereocenters. The first-order valence-electron chi connectivity index (χ1n) is 5.71. The molecule has 2 aromatic rings. The molecule has 0 aliphatic rings. The van der Waals surface area contributed by atoms with Crippen molar-refractivity contribution in [2.24, 2.45) is 14.1 Å². The van der Waals surface area contributed by atoms with E-state index >= 15 is 0 Å². The Hall–Kier alpha value is -2.57. The van der Waals surface area contributed by atoms with Crippen molar-refractivity contribution in [3.05, 3.63) is 50.7 Å². The van der Waals surface area contributed by atoms with Gasteiger partial charge in [0.25, 0.3) is 5.56 Å². The minimum Gasteiger partial charge on any atom is -0.399 e. The van der Waals surface area contributed by atoms with Crippen LogP contribution >= 0.6 is 0 Å². The molecule has 7 heteroatoms. The average Bonchev–Trinajstić information content (AvgIpc) is 2.39. The lowest BCUT2D eigenvalue weighted by Gasteiger charge is -2.08. The summed E-state index contributed by atoms with van der Waals surface area (Å²) in [6.07, 6.45) is 0. The second kappa shape index (κ2) is 4.97. The number of nitrogen functional groups attached to an aromatic ring is 1. The molecule has 1 aromatic heterocycles. The molecule has 0 saturated heterocycles. The molecule has 1 heterocycles. The largest absolute Gasteiger partial charge is 0.399 e. The molecule has 0 fully saturated rings. The Labute approximate surface area is 109 Å². The van der Waals surface area contributed by atoms with E-state index in [0.29, 0.717) is 12.2 Å². The Bertz CT molecular complexity index is 717. The van der Waals surface area contributed by atoms with Gasteiger partial charge in [0, 0.05) is 26.3 Å². The lowest BCUT2D eigenvalue weighted by atomic mass is 10.2. The summed E-state index contributed by atoms with van der Waals surface area (Å²) in [5, 5.41) is 6.80. The molecule has 1 aromatic carbocycles. The molecule has 100 valence electrons. The first kappa shape index (κ1) is 12.9. The van der Waals surface area contributed by atoms with Gasteiger partial charge in [-0.25, -0.2) is 9.48 Å². The molecule has 0 radical (unpaired) electrons. The number of rotatable bonds is 3. The molecular formula is C12H15N5O2. The first-order valence-corrected chi connectivity index (χ1v) is 5.71.